The van der Waals surface area contributed by atoms with Gasteiger partial charge in [0.15, 0.2) is 0 Å². The van der Waals surface area contributed by atoms with E-state index in [0.717, 1.165) is 5.75 Å². The van der Waals surface area contributed by atoms with Crippen LogP contribution in [0, 0.1) is 0 Å². The summed E-state index contributed by atoms with van der Waals surface area (Å²) >= 11 is 1.99. The van der Waals surface area contributed by atoms with Crippen molar-refractivity contribution in [2.45, 2.75) is 64.2 Å². The molecule has 0 fully saturated rings. The Kier molecular flexibility index (Phi) is 10.0. The van der Waals surface area contributed by atoms with Gasteiger partial charge in [-0.2, -0.15) is 11.8 Å². The van der Waals surface area contributed by atoms with Crippen LogP contribution in [0.25, 0.3) is 0 Å². The zero-order valence-corrected chi connectivity index (χ0v) is 10.7. The molecule has 0 aliphatic rings. The lowest BCUT2D eigenvalue weighted by molar-refractivity contribution is 0.500. The molecule has 0 heterocycles. The number of rotatable bonds is 9. The number of hydrogen-bond donors (Lipinski definition) is 2. The average molecular weight is 218 g/mol. The Morgan fingerprint density at radius 2 is 1.93 bits per heavy atom. The molecule has 0 saturated heterocycles. The van der Waals surface area contributed by atoms with E-state index in [4.69, 9.17) is 5.84 Å². The first-order chi connectivity index (χ1) is 6.70. The summed E-state index contributed by atoms with van der Waals surface area (Å²) in [6, 6.07) is 0.499. The molecule has 0 radical (unpaired) electrons. The first-order valence-corrected chi connectivity index (χ1v) is 6.83. The Hall–Kier alpha value is 0.270. The Labute approximate surface area is 93.4 Å². The van der Waals surface area contributed by atoms with Crippen molar-refractivity contribution in [3.8, 4) is 0 Å². The largest absolute Gasteiger partial charge is 0.271 e. The number of hydrazine groups is 1. The molecule has 2 nitrogen and oxygen atoms in total. The first kappa shape index (κ1) is 14.3. The summed E-state index contributed by atoms with van der Waals surface area (Å²) in [6.07, 6.45) is 6.54. The first-order valence-electron chi connectivity index (χ1n) is 5.78. The minimum atomic E-state index is 0.499. The van der Waals surface area contributed by atoms with E-state index in [9.17, 15) is 0 Å². The van der Waals surface area contributed by atoms with Crippen LogP contribution in [0.1, 0.15) is 52.9 Å². The van der Waals surface area contributed by atoms with Crippen LogP contribution in [-0.2, 0) is 0 Å². The smallest absolute Gasteiger partial charge is 0.0301 e. The zero-order chi connectivity index (χ0) is 10.8. The van der Waals surface area contributed by atoms with Gasteiger partial charge >= 0.3 is 0 Å². The van der Waals surface area contributed by atoms with Crippen molar-refractivity contribution in [1.29, 1.82) is 0 Å². The Bertz CT molecular complexity index is 118. The summed E-state index contributed by atoms with van der Waals surface area (Å²) in [5.41, 5.74) is 2.91. The van der Waals surface area contributed by atoms with Gasteiger partial charge < -0.3 is 0 Å². The van der Waals surface area contributed by atoms with Crippen LogP contribution in [0.15, 0.2) is 0 Å². The van der Waals surface area contributed by atoms with Crippen LogP contribution in [0.2, 0.25) is 0 Å². The summed E-state index contributed by atoms with van der Waals surface area (Å²) in [6.45, 7) is 6.71. The SMILES string of the molecule is CCCCCCC(CSC(C)C)NN. The van der Waals surface area contributed by atoms with E-state index in [2.05, 4.69) is 26.2 Å². The molecule has 3 heteroatoms. The molecule has 0 bridgehead atoms. The third-order valence-electron chi connectivity index (χ3n) is 2.27. The lowest BCUT2D eigenvalue weighted by atomic mass is 10.1. The maximum atomic E-state index is 5.51. The lowest BCUT2D eigenvalue weighted by Crippen LogP contribution is -2.37. The van der Waals surface area contributed by atoms with Gasteiger partial charge in [0.05, 0.1) is 0 Å². The summed E-state index contributed by atoms with van der Waals surface area (Å²) in [5, 5.41) is 0.710. The zero-order valence-electron chi connectivity index (χ0n) is 9.88. The molecular weight excluding hydrogens is 192 g/mol. The fourth-order valence-corrected chi connectivity index (χ4v) is 2.22. The maximum Gasteiger partial charge on any atom is 0.0301 e. The van der Waals surface area contributed by atoms with Crippen LogP contribution < -0.4 is 11.3 Å². The number of nitrogens with one attached hydrogen (secondary N) is 1. The third kappa shape index (κ3) is 8.85. The van der Waals surface area contributed by atoms with Gasteiger partial charge in [-0.25, -0.2) is 0 Å². The van der Waals surface area contributed by atoms with Crippen LogP contribution in [-0.4, -0.2) is 17.0 Å². The topological polar surface area (TPSA) is 38.0 Å². The van der Waals surface area contributed by atoms with Crippen LogP contribution in [0.5, 0.6) is 0 Å². The molecule has 0 aromatic rings. The molecule has 0 aromatic heterocycles. The van der Waals surface area contributed by atoms with E-state index in [1.807, 2.05) is 11.8 Å². The molecule has 0 aliphatic heterocycles. The molecule has 0 saturated carbocycles. The molecule has 3 N–H and O–H groups in total. The number of hydrogen-bond acceptors (Lipinski definition) is 3. The third-order valence-corrected chi connectivity index (χ3v) is 3.53. The standard InChI is InChI=1S/C11H26N2S/c1-4-5-6-7-8-11(13-12)9-14-10(2)3/h10-11,13H,4-9,12H2,1-3H3. The van der Waals surface area contributed by atoms with Gasteiger partial charge in [0.1, 0.15) is 0 Å². The summed E-state index contributed by atoms with van der Waals surface area (Å²) < 4.78 is 0. The number of nitrogens with two attached hydrogens (primary N) is 1. The van der Waals surface area contributed by atoms with Gasteiger partial charge in [0.2, 0.25) is 0 Å². The van der Waals surface area contributed by atoms with E-state index in [0.29, 0.717) is 11.3 Å². The van der Waals surface area contributed by atoms with Gasteiger partial charge in [-0.15, -0.1) is 0 Å². The van der Waals surface area contributed by atoms with Crippen LogP contribution in [0.3, 0.4) is 0 Å². The highest BCUT2D eigenvalue weighted by atomic mass is 32.2. The van der Waals surface area contributed by atoms with E-state index >= 15 is 0 Å². The highest BCUT2D eigenvalue weighted by Gasteiger charge is 2.07. The van der Waals surface area contributed by atoms with Crippen molar-refractivity contribution in [3.05, 3.63) is 0 Å². The molecule has 0 amide bonds. The second-order valence-electron chi connectivity index (χ2n) is 4.10. The monoisotopic (exact) mass is 218 g/mol. The average Bonchev–Trinajstić information content (AvgIpc) is 2.16. The van der Waals surface area contributed by atoms with E-state index < -0.39 is 0 Å². The second kappa shape index (κ2) is 9.81. The summed E-state index contributed by atoms with van der Waals surface area (Å²) in [4.78, 5) is 0. The molecule has 86 valence electrons. The lowest BCUT2D eigenvalue weighted by Gasteiger charge is -2.16. The predicted molar refractivity (Wildman–Crippen MR) is 67.5 cm³/mol. The number of thioether (sulfide) groups is 1. The Morgan fingerprint density at radius 3 is 2.43 bits per heavy atom. The molecule has 1 atom stereocenters. The van der Waals surface area contributed by atoms with Gasteiger partial charge in [-0.1, -0.05) is 46.5 Å². The molecule has 0 aromatic carbocycles. The van der Waals surface area contributed by atoms with Crippen molar-refractivity contribution in [2.75, 3.05) is 5.75 Å². The molecule has 1 unspecified atom stereocenters. The Balaban J connectivity index is 3.38. The van der Waals surface area contributed by atoms with Gasteiger partial charge in [-0.3, -0.25) is 11.3 Å². The van der Waals surface area contributed by atoms with E-state index in [-0.39, 0.29) is 0 Å². The molecule has 14 heavy (non-hydrogen) atoms. The fourth-order valence-electron chi connectivity index (χ4n) is 1.34. The van der Waals surface area contributed by atoms with Gasteiger partial charge in [0, 0.05) is 11.8 Å². The summed E-state index contributed by atoms with van der Waals surface area (Å²) in [5.74, 6) is 6.65. The Morgan fingerprint density at radius 1 is 1.21 bits per heavy atom. The summed E-state index contributed by atoms with van der Waals surface area (Å²) in [7, 11) is 0. The fraction of sp³-hybridized carbons (Fsp3) is 1.00. The van der Waals surface area contributed by atoms with Gasteiger partial charge in [-0.05, 0) is 11.7 Å². The molecular formula is C11H26N2S. The molecule has 0 aliphatic carbocycles. The van der Waals surface area contributed by atoms with E-state index in [1.54, 1.807) is 0 Å². The van der Waals surface area contributed by atoms with Crippen molar-refractivity contribution >= 4 is 11.8 Å². The van der Waals surface area contributed by atoms with Crippen LogP contribution in [0.4, 0.5) is 0 Å². The number of unbranched alkanes of at least 4 members (excludes halogenated alkanes) is 3. The van der Waals surface area contributed by atoms with E-state index in [1.165, 1.54) is 32.1 Å². The quantitative estimate of drug-likeness (QED) is 0.355. The minimum Gasteiger partial charge on any atom is -0.271 e. The molecule has 0 rings (SSSR count). The van der Waals surface area contributed by atoms with Crippen molar-refractivity contribution < 1.29 is 0 Å². The van der Waals surface area contributed by atoms with Crippen LogP contribution >= 0.6 is 11.8 Å². The molecule has 0 spiro atoms. The van der Waals surface area contributed by atoms with Crippen molar-refractivity contribution in [3.63, 3.8) is 0 Å². The predicted octanol–water partition coefficient (Wildman–Crippen LogP) is 2.93. The highest BCUT2D eigenvalue weighted by molar-refractivity contribution is 7.99. The normalized spacial score (nSPS) is 13.5. The maximum absolute atomic E-state index is 5.51. The highest BCUT2D eigenvalue weighted by Crippen LogP contribution is 2.14. The minimum absolute atomic E-state index is 0.499. The second-order valence-corrected chi connectivity index (χ2v) is 5.70. The van der Waals surface area contributed by atoms with Gasteiger partial charge in [0.25, 0.3) is 0 Å². The van der Waals surface area contributed by atoms with Crippen molar-refractivity contribution in [2.24, 2.45) is 5.84 Å². The van der Waals surface area contributed by atoms with Crippen molar-refractivity contribution in [1.82, 2.24) is 5.43 Å².